The van der Waals surface area contributed by atoms with Gasteiger partial charge in [0, 0.05) is 24.7 Å². The lowest BCUT2D eigenvalue weighted by Crippen LogP contribution is -2.29. The van der Waals surface area contributed by atoms with Gasteiger partial charge in [0.1, 0.15) is 0 Å². The minimum Gasteiger partial charge on any atom is -0.318 e. The van der Waals surface area contributed by atoms with Gasteiger partial charge in [0.2, 0.25) is 0 Å². The maximum Gasteiger partial charge on any atom is 0.0363 e. The van der Waals surface area contributed by atoms with Crippen molar-refractivity contribution in [1.29, 1.82) is 0 Å². The van der Waals surface area contributed by atoms with Crippen LogP contribution in [0.15, 0.2) is 23.3 Å². The predicted molar refractivity (Wildman–Crippen MR) is 58.0 cm³/mol. The Hall–Kier alpha value is -0.310. The smallest absolute Gasteiger partial charge is 0.0363 e. The summed E-state index contributed by atoms with van der Waals surface area (Å²) in [5.74, 6) is 0.611. The van der Waals surface area contributed by atoms with Crippen LogP contribution in [0.5, 0.6) is 0 Å². The molecule has 1 aliphatic carbocycles. The highest BCUT2D eigenvalue weighted by Gasteiger charge is 2.06. The second-order valence-electron chi connectivity index (χ2n) is 3.25. The van der Waals surface area contributed by atoms with E-state index in [9.17, 15) is 0 Å². The minimum absolute atomic E-state index is 0.611. The predicted octanol–water partition coefficient (Wildman–Crippen LogP) is 1.49. The molecule has 13 heavy (non-hydrogen) atoms. The number of rotatable bonds is 5. The Kier molecular flexibility index (Phi) is 5.13. The van der Waals surface area contributed by atoms with Crippen LogP contribution in [0.1, 0.15) is 6.42 Å². The van der Waals surface area contributed by atoms with Gasteiger partial charge in [-0.3, -0.25) is 0 Å². The molecule has 0 aromatic heterocycles. The Bertz CT molecular complexity index is 199. The van der Waals surface area contributed by atoms with Gasteiger partial charge in [-0.2, -0.15) is 0 Å². The molecule has 0 heterocycles. The van der Waals surface area contributed by atoms with Crippen molar-refractivity contribution in [1.82, 2.24) is 10.6 Å². The fraction of sp³-hybridized carbons (Fsp3) is 0.600. The average Bonchev–Trinajstić information content (AvgIpc) is 2.15. The van der Waals surface area contributed by atoms with Crippen LogP contribution in [0.2, 0.25) is 0 Å². The number of nitrogens with one attached hydrogen (secondary N) is 2. The highest BCUT2D eigenvalue weighted by atomic mass is 35.5. The maximum absolute atomic E-state index is 5.81. The molecule has 0 fully saturated rings. The molecule has 0 aliphatic heterocycles. The van der Waals surface area contributed by atoms with E-state index in [1.54, 1.807) is 0 Å². The molecule has 1 rings (SSSR count). The normalized spacial score (nSPS) is 21.7. The van der Waals surface area contributed by atoms with Gasteiger partial charge >= 0.3 is 0 Å². The molecular formula is C10H17ClN2. The van der Waals surface area contributed by atoms with Crippen LogP contribution in [0.4, 0.5) is 0 Å². The Labute approximate surface area is 85.0 Å². The van der Waals surface area contributed by atoms with Crippen molar-refractivity contribution in [3.63, 3.8) is 0 Å². The van der Waals surface area contributed by atoms with Crippen molar-refractivity contribution >= 4 is 11.6 Å². The van der Waals surface area contributed by atoms with Gasteiger partial charge in [-0.25, -0.2) is 0 Å². The first-order valence-electron chi connectivity index (χ1n) is 4.72. The van der Waals surface area contributed by atoms with Gasteiger partial charge in [0.15, 0.2) is 0 Å². The Morgan fingerprint density at radius 3 is 3.00 bits per heavy atom. The number of hydrogen-bond donors (Lipinski definition) is 2. The summed E-state index contributed by atoms with van der Waals surface area (Å²) >= 11 is 5.81. The van der Waals surface area contributed by atoms with Crippen LogP contribution in [-0.2, 0) is 0 Å². The summed E-state index contributed by atoms with van der Waals surface area (Å²) in [5, 5.41) is 7.35. The summed E-state index contributed by atoms with van der Waals surface area (Å²) < 4.78 is 0. The lowest BCUT2D eigenvalue weighted by atomic mass is 10.0. The number of likely N-dealkylation sites (N-methyl/N-ethyl adjacent to an activating group) is 1. The molecule has 0 aromatic rings. The van der Waals surface area contributed by atoms with Gasteiger partial charge in [0.05, 0.1) is 0 Å². The van der Waals surface area contributed by atoms with Crippen LogP contribution < -0.4 is 10.6 Å². The standard InChI is InChI=1S/C10H17ClN2/c1-12-6-7-13-8-9-2-4-10(11)5-3-9/h2,4-5,9,12-13H,3,6-8H2,1H3. The molecule has 0 amide bonds. The summed E-state index contributed by atoms with van der Waals surface area (Å²) in [4.78, 5) is 0. The van der Waals surface area contributed by atoms with E-state index in [2.05, 4.69) is 22.8 Å². The number of allylic oxidation sites excluding steroid dienone is 3. The second-order valence-corrected chi connectivity index (χ2v) is 3.69. The zero-order valence-corrected chi connectivity index (χ0v) is 8.77. The minimum atomic E-state index is 0.611. The summed E-state index contributed by atoms with van der Waals surface area (Å²) in [6, 6.07) is 0. The molecule has 0 saturated heterocycles. The van der Waals surface area contributed by atoms with Crippen LogP contribution in [0.3, 0.4) is 0 Å². The fourth-order valence-electron chi connectivity index (χ4n) is 1.29. The largest absolute Gasteiger partial charge is 0.318 e. The van der Waals surface area contributed by atoms with Crippen LogP contribution >= 0.6 is 11.6 Å². The summed E-state index contributed by atoms with van der Waals surface area (Å²) in [5.41, 5.74) is 0. The summed E-state index contributed by atoms with van der Waals surface area (Å²) in [6.45, 7) is 3.09. The van der Waals surface area contributed by atoms with Gasteiger partial charge in [-0.15, -0.1) is 0 Å². The molecule has 1 atom stereocenters. The average molecular weight is 201 g/mol. The van der Waals surface area contributed by atoms with E-state index < -0.39 is 0 Å². The zero-order valence-electron chi connectivity index (χ0n) is 8.02. The first-order chi connectivity index (χ1) is 6.33. The molecule has 74 valence electrons. The topological polar surface area (TPSA) is 24.1 Å². The second kappa shape index (κ2) is 6.19. The Morgan fingerprint density at radius 1 is 1.54 bits per heavy atom. The molecule has 1 aliphatic rings. The quantitative estimate of drug-likeness (QED) is 0.658. The molecule has 0 radical (unpaired) electrons. The van der Waals surface area contributed by atoms with Crippen molar-refractivity contribution in [3.05, 3.63) is 23.3 Å². The maximum atomic E-state index is 5.81. The van der Waals surface area contributed by atoms with Crippen molar-refractivity contribution in [2.75, 3.05) is 26.7 Å². The van der Waals surface area contributed by atoms with Crippen molar-refractivity contribution < 1.29 is 0 Å². The van der Waals surface area contributed by atoms with E-state index in [1.165, 1.54) is 0 Å². The molecule has 2 nitrogen and oxygen atoms in total. The molecule has 0 saturated carbocycles. The van der Waals surface area contributed by atoms with Gasteiger partial charge < -0.3 is 10.6 Å². The van der Waals surface area contributed by atoms with E-state index >= 15 is 0 Å². The lowest BCUT2D eigenvalue weighted by molar-refractivity contribution is 0.552. The third-order valence-corrected chi connectivity index (χ3v) is 2.38. The van der Waals surface area contributed by atoms with Gasteiger partial charge in [-0.1, -0.05) is 23.8 Å². The van der Waals surface area contributed by atoms with E-state index in [0.29, 0.717) is 5.92 Å². The zero-order chi connectivity index (χ0) is 9.52. The third kappa shape index (κ3) is 4.46. The molecule has 3 heteroatoms. The monoisotopic (exact) mass is 200 g/mol. The van der Waals surface area contributed by atoms with Crippen LogP contribution in [-0.4, -0.2) is 26.7 Å². The molecule has 1 unspecified atom stereocenters. The molecular weight excluding hydrogens is 184 g/mol. The molecule has 0 bridgehead atoms. The first-order valence-corrected chi connectivity index (χ1v) is 5.10. The van der Waals surface area contributed by atoms with E-state index in [1.807, 2.05) is 13.1 Å². The van der Waals surface area contributed by atoms with Crippen LogP contribution in [0, 0.1) is 5.92 Å². The highest BCUT2D eigenvalue weighted by molar-refractivity contribution is 6.31. The fourth-order valence-corrected chi connectivity index (χ4v) is 1.45. The molecule has 2 N–H and O–H groups in total. The molecule has 0 aromatic carbocycles. The van der Waals surface area contributed by atoms with E-state index in [-0.39, 0.29) is 0 Å². The van der Waals surface area contributed by atoms with Crippen molar-refractivity contribution in [3.8, 4) is 0 Å². The van der Waals surface area contributed by atoms with Crippen molar-refractivity contribution in [2.45, 2.75) is 6.42 Å². The third-order valence-electron chi connectivity index (χ3n) is 2.10. The van der Waals surface area contributed by atoms with Crippen LogP contribution in [0.25, 0.3) is 0 Å². The van der Waals surface area contributed by atoms with Crippen molar-refractivity contribution in [2.24, 2.45) is 5.92 Å². The number of halogens is 1. The first kappa shape index (κ1) is 10.8. The van der Waals surface area contributed by atoms with Gasteiger partial charge in [-0.05, 0) is 25.5 Å². The molecule has 0 spiro atoms. The summed E-state index contributed by atoms with van der Waals surface area (Å²) in [6.07, 6.45) is 7.29. The highest BCUT2D eigenvalue weighted by Crippen LogP contribution is 2.17. The van der Waals surface area contributed by atoms with E-state index in [0.717, 1.165) is 31.1 Å². The lowest BCUT2D eigenvalue weighted by Gasteiger charge is -2.14. The number of hydrogen-bond acceptors (Lipinski definition) is 2. The van der Waals surface area contributed by atoms with Gasteiger partial charge in [0.25, 0.3) is 0 Å². The Balaban J connectivity index is 2.07. The summed E-state index contributed by atoms with van der Waals surface area (Å²) in [7, 11) is 1.96. The Morgan fingerprint density at radius 2 is 2.38 bits per heavy atom. The SMILES string of the molecule is CNCCNCC1C=CC(Cl)=CC1. The van der Waals surface area contributed by atoms with E-state index in [4.69, 9.17) is 11.6 Å².